The van der Waals surface area contributed by atoms with Crippen LogP contribution in [0.25, 0.3) is 0 Å². The molecule has 0 radical (unpaired) electrons. The summed E-state index contributed by atoms with van der Waals surface area (Å²) >= 11 is 0. The summed E-state index contributed by atoms with van der Waals surface area (Å²) in [4.78, 5) is 0. The van der Waals surface area contributed by atoms with Gasteiger partial charge in [0.1, 0.15) is 0 Å². The van der Waals surface area contributed by atoms with Crippen LogP contribution in [0.2, 0.25) is 0 Å². The summed E-state index contributed by atoms with van der Waals surface area (Å²) in [7, 11) is 0. The lowest BCUT2D eigenvalue weighted by Gasteiger charge is -2.36. The smallest absolute Gasteiger partial charge is 0.0637 e. The maximum absolute atomic E-state index is 6.60. The monoisotopic (exact) mass is 366 g/mol. The third-order valence-corrected chi connectivity index (χ3v) is 5.54. The molecular weight excluding hydrogens is 328 g/mol. The normalized spacial score (nSPS) is 12.4. The van der Waals surface area contributed by atoms with Gasteiger partial charge in [-0.25, -0.2) is 0 Å². The molecule has 0 saturated heterocycles. The lowest BCUT2D eigenvalue weighted by molar-refractivity contribution is -0.128. The van der Waals surface area contributed by atoms with E-state index in [9.17, 15) is 0 Å². The molecule has 0 fully saturated rings. The highest BCUT2D eigenvalue weighted by Crippen LogP contribution is 2.29. The molecule has 1 nitrogen and oxygen atoms in total. The molecular formula is C26H38O. The van der Waals surface area contributed by atoms with Crippen molar-refractivity contribution < 1.29 is 4.74 Å². The molecule has 0 saturated carbocycles. The summed E-state index contributed by atoms with van der Waals surface area (Å²) in [6.07, 6.45) is 4.19. The van der Waals surface area contributed by atoms with Crippen LogP contribution in [-0.2, 0) is 17.6 Å². The van der Waals surface area contributed by atoms with Crippen molar-refractivity contribution in [1.82, 2.24) is 0 Å². The van der Waals surface area contributed by atoms with E-state index in [4.69, 9.17) is 4.74 Å². The van der Waals surface area contributed by atoms with Gasteiger partial charge in [-0.05, 0) is 103 Å². The van der Waals surface area contributed by atoms with E-state index in [-0.39, 0.29) is 11.2 Å². The van der Waals surface area contributed by atoms with E-state index in [0.717, 1.165) is 25.7 Å². The second-order valence-electron chi connectivity index (χ2n) is 9.48. The lowest BCUT2D eigenvalue weighted by Crippen LogP contribution is -2.37. The van der Waals surface area contributed by atoms with E-state index in [0.29, 0.717) is 0 Å². The van der Waals surface area contributed by atoms with Crippen LogP contribution < -0.4 is 0 Å². The van der Waals surface area contributed by atoms with Gasteiger partial charge in [-0.3, -0.25) is 0 Å². The van der Waals surface area contributed by atoms with Crippen LogP contribution in [0.3, 0.4) is 0 Å². The fourth-order valence-corrected chi connectivity index (χ4v) is 3.97. The van der Waals surface area contributed by atoms with Crippen molar-refractivity contribution in [2.45, 2.75) is 92.3 Å². The van der Waals surface area contributed by atoms with E-state index >= 15 is 0 Å². The second kappa shape index (κ2) is 8.61. The molecule has 0 heterocycles. The minimum Gasteiger partial charge on any atom is -0.370 e. The number of hydrogen-bond donors (Lipinski definition) is 0. The number of ether oxygens (including phenoxy) is 1. The SMILES string of the molecule is Cc1ccc(CCC(C)(C)OC(C)(C)CCc2ccc(C)cc2C)c(C)c1. The Morgan fingerprint density at radius 3 is 1.33 bits per heavy atom. The Hall–Kier alpha value is -1.60. The Morgan fingerprint density at radius 1 is 0.630 bits per heavy atom. The fourth-order valence-electron chi connectivity index (χ4n) is 3.97. The number of benzene rings is 2. The highest BCUT2D eigenvalue weighted by Gasteiger charge is 2.29. The first-order valence-electron chi connectivity index (χ1n) is 10.3. The average Bonchev–Trinajstić information content (AvgIpc) is 2.52. The summed E-state index contributed by atoms with van der Waals surface area (Å²) < 4.78 is 6.60. The molecule has 27 heavy (non-hydrogen) atoms. The molecule has 0 atom stereocenters. The zero-order chi connectivity index (χ0) is 20.2. The maximum Gasteiger partial charge on any atom is 0.0637 e. The first kappa shape index (κ1) is 21.7. The highest BCUT2D eigenvalue weighted by molar-refractivity contribution is 5.31. The Morgan fingerprint density at radius 2 is 1.00 bits per heavy atom. The van der Waals surface area contributed by atoms with Crippen molar-refractivity contribution in [3.63, 3.8) is 0 Å². The zero-order valence-electron chi connectivity index (χ0n) is 18.7. The first-order chi connectivity index (χ1) is 12.5. The zero-order valence-corrected chi connectivity index (χ0v) is 18.7. The summed E-state index contributed by atoms with van der Waals surface area (Å²) in [6.45, 7) is 17.7. The standard InChI is InChI=1S/C26H38O/c1-19-9-11-23(21(3)17-19)13-15-25(5,6)27-26(7,8)16-14-24-12-10-20(2)18-22(24)4/h9-12,17-18H,13-16H2,1-8H3. The number of hydrogen-bond acceptors (Lipinski definition) is 1. The maximum atomic E-state index is 6.60. The molecule has 0 aliphatic carbocycles. The Kier molecular flexibility index (Phi) is 6.92. The van der Waals surface area contributed by atoms with E-state index in [2.05, 4.69) is 91.8 Å². The topological polar surface area (TPSA) is 9.23 Å². The molecule has 0 spiro atoms. The quantitative estimate of drug-likeness (QED) is 0.486. The molecule has 0 N–H and O–H groups in total. The molecule has 148 valence electrons. The Balaban J connectivity index is 1.93. The molecule has 0 aliphatic heterocycles. The molecule has 0 amide bonds. The van der Waals surface area contributed by atoms with Crippen LogP contribution in [0.5, 0.6) is 0 Å². The molecule has 2 aromatic carbocycles. The van der Waals surface area contributed by atoms with Gasteiger partial charge in [-0.15, -0.1) is 0 Å². The lowest BCUT2D eigenvalue weighted by atomic mass is 9.92. The molecule has 0 aromatic heterocycles. The van der Waals surface area contributed by atoms with Crippen LogP contribution in [0, 0.1) is 27.7 Å². The van der Waals surface area contributed by atoms with Crippen molar-refractivity contribution in [3.8, 4) is 0 Å². The van der Waals surface area contributed by atoms with Crippen LogP contribution >= 0.6 is 0 Å². The van der Waals surface area contributed by atoms with Crippen molar-refractivity contribution in [2.24, 2.45) is 0 Å². The van der Waals surface area contributed by atoms with E-state index < -0.39 is 0 Å². The van der Waals surface area contributed by atoms with Crippen LogP contribution in [0.1, 0.15) is 73.9 Å². The average molecular weight is 367 g/mol. The fraction of sp³-hybridized carbons (Fsp3) is 0.538. The highest BCUT2D eigenvalue weighted by atomic mass is 16.5. The van der Waals surface area contributed by atoms with Gasteiger partial charge >= 0.3 is 0 Å². The second-order valence-corrected chi connectivity index (χ2v) is 9.48. The first-order valence-corrected chi connectivity index (χ1v) is 10.3. The summed E-state index contributed by atoms with van der Waals surface area (Å²) in [5, 5.41) is 0. The van der Waals surface area contributed by atoms with Gasteiger partial charge < -0.3 is 4.74 Å². The van der Waals surface area contributed by atoms with Crippen LogP contribution in [0.4, 0.5) is 0 Å². The minimum atomic E-state index is -0.136. The van der Waals surface area contributed by atoms with Crippen molar-refractivity contribution in [2.75, 3.05) is 0 Å². The van der Waals surface area contributed by atoms with E-state index in [1.807, 2.05) is 0 Å². The summed E-state index contributed by atoms with van der Waals surface area (Å²) in [6, 6.07) is 13.5. The van der Waals surface area contributed by atoms with E-state index in [1.165, 1.54) is 33.4 Å². The largest absolute Gasteiger partial charge is 0.370 e. The van der Waals surface area contributed by atoms with Gasteiger partial charge in [0, 0.05) is 0 Å². The molecule has 2 aromatic rings. The molecule has 1 heteroatoms. The molecule has 2 rings (SSSR count). The van der Waals surface area contributed by atoms with Gasteiger partial charge in [0.25, 0.3) is 0 Å². The van der Waals surface area contributed by atoms with Gasteiger partial charge in [-0.1, -0.05) is 47.5 Å². The van der Waals surface area contributed by atoms with Crippen molar-refractivity contribution in [3.05, 3.63) is 69.8 Å². The van der Waals surface area contributed by atoms with E-state index in [1.54, 1.807) is 0 Å². The van der Waals surface area contributed by atoms with Crippen LogP contribution in [0.15, 0.2) is 36.4 Å². The van der Waals surface area contributed by atoms with Crippen molar-refractivity contribution >= 4 is 0 Å². The third-order valence-electron chi connectivity index (χ3n) is 5.54. The Bertz CT molecular complexity index is 702. The predicted octanol–water partition coefficient (Wildman–Crippen LogP) is 7.06. The number of rotatable bonds is 8. The molecule has 0 unspecified atom stereocenters. The van der Waals surface area contributed by atoms with Gasteiger partial charge in [0.05, 0.1) is 11.2 Å². The number of aryl methyl sites for hydroxylation is 6. The molecule has 0 aliphatic rings. The van der Waals surface area contributed by atoms with Gasteiger partial charge in [0.15, 0.2) is 0 Å². The molecule has 0 bridgehead atoms. The van der Waals surface area contributed by atoms with Gasteiger partial charge in [-0.2, -0.15) is 0 Å². The summed E-state index contributed by atoms with van der Waals surface area (Å²) in [5.41, 5.74) is 8.04. The minimum absolute atomic E-state index is 0.136. The summed E-state index contributed by atoms with van der Waals surface area (Å²) in [5.74, 6) is 0. The van der Waals surface area contributed by atoms with Crippen molar-refractivity contribution in [1.29, 1.82) is 0 Å². The van der Waals surface area contributed by atoms with Gasteiger partial charge in [0.2, 0.25) is 0 Å². The Labute approximate surface area is 167 Å². The third kappa shape index (κ3) is 6.81. The predicted molar refractivity (Wildman–Crippen MR) is 118 cm³/mol. The van der Waals surface area contributed by atoms with Crippen LogP contribution in [-0.4, -0.2) is 11.2 Å².